The van der Waals surface area contributed by atoms with Crippen molar-refractivity contribution in [3.63, 3.8) is 0 Å². The summed E-state index contributed by atoms with van der Waals surface area (Å²) in [6.07, 6.45) is 8.34. The van der Waals surface area contributed by atoms with E-state index in [4.69, 9.17) is 0 Å². The fourth-order valence-corrected chi connectivity index (χ4v) is 3.91. The van der Waals surface area contributed by atoms with Crippen LogP contribution in [0.3, 0.4) is 0 Å². The number of hydrogen-bond donors (Lipinski definition) is 1. The van der Waals surface area contributed by atoms with Crippen LogP contribution in [-0.2, 0) is 6.42 Å². The van der Waals surface area contributed by atoms with Gasteiger partial charge in [0.2, 0.25) is 0 Å². The van der Waals surface area contributed by atoms with E-state index in [0.29, 0.717) is 6.04 Å². The van der Waals surface area contributed by atoms with Gasteiger partial charge in [-0.05, 0) is 49.6 Å². The third-order valence-electron chi connectivity index (χ3n) is 4.41. The first-order chi connectivity index (χ1) is 8.33. The standard InChI is InChI=1S/C15H25NS/c1-3-12-6-8-13(9-7-12)15(16-2)11-14-5-4-10-17-14/h4-5,10,12-13,15-16H,3,6-9,11H2,1-2H3. The molecule has 17 heavy (non-hydrogen) atoms. The van der Waals surface area contributed by atoms with E-state index in [-0.39, 0.29) is 0 Å². The Balaban J connectivity index is 1.86. The second-order valence-corrected chi connectivity index (χ2v) is 6.40. The predicted octanol–water partition coefficient (Wildman–Crippen LogP) is 4.10. The maximum Gasteiger partial charge on any atom is 0.0141 e. The lowest BCUT2D eigenvalue weighted by Gasteiger charge is -2.33. The Morgan fingerprint density at radius 1 is 1.35 bits per heavy atom. The van der Waals surface area contributed by atoms with Crippen molar-refractivity contribution in [2.24, 2.45) is 11.8 Å². The molecular formula is C15H25NS. The maximum atomic E-state index is 3.55. The highest BCUT2D eigenvalue weighted by atomic mass is 32.1. The molecule has 1 aromatic heterocycles. The van der Waals surface area contributed by atoms with E-state index in [9.17, 15) is 0 Å². The molecule has 1 aromatic rings. The van der Waals surface area contributed by atoms with Crippen LogP contribution in [0.2, 0.25) is 0 Å². The van der Waals surface area contributed by atoms with Crippen molar-refractivity contribution in [2.45, 2.75) is 51.5 Å². The van der Waals surface area contributed by atoms with Crippen molar-refractivity contribution in [2.75, 3.05) is 7.05 Å². The summed E-state index contributed by atoms with van der Waals surface area (Å²) in [7, 11) is 2.13. The van der Waals surface area contributed by atoms with Crippen LogP contribution in [0.5, 0.6) is 0 Å². The molecule has 0 aromatic carbocycles. The van der Waals surface area contributed by atoms with Crippen LogP contribution in [0.4, 0.5) is 0 Å². The molecule has 96 valence electrons. The summed E-state index contributed by atoms with van der Waals surface area (Å²) in [5, 5.41) is 5.74. The third-order valence-corrected chi connectivity index (χ3v) is 5.31. The molecule has 0 bridgehead atoms. The largest absolute Gasteiger partial charge is 0.316 e. The average molecular weight is 251 g/mol. The number of nitrogens with one attached hydrogen (secondary N) is 1. The van der Waals surface area contributed by atoms with Crippen molar-refractivity contribution in [3.05, 3.63) is 22.4 Å². The van der Waals surface area contributed by atoms with E-state index in [1.54, 1.807) is 0 Å². The molecule has 1 unspecified atom stereocenters. The Labute approximate surface area is 110 Å². The van der Waals surface area contributed by atoms with E-state index < -0.39 is 0 Å². The molecule has 1 fully saturated rings. The van der Waals surface area contributed by atoms with Crippen molar-refractivity contribution in [1.29, 1.82) is 0 Å². The average Bonchev–Trinajstić information content (AvgIpc) is 2.89. The molecule has 0 spiro atoms. The van der Waals surface area contributed by atoms with Gasteiger partial charge in [0.05, 0.1) is 0 Å². The lowest BCUT2D eigenvalue weighted by Crippen LogP contribution is -2.37. The zero-order valence-electron chi connectivity index (χ0n) is 11.1. The summed E-state index contributed by atoms with van der Waals surface area (Å²) in [5.74, 6) is 1.90. The van der Waals surface area contributed by atoms with E-state index in [0.717, 1.165) is 11.8 Å². The Morgan fingerprint density at radius 2 is 2.12 bits per heavy atom. The van der Waals surface area contributed by atoms with E-state index >= 15 is 0 Å². The summed E-state index contributed by atoms with van der Waals surface area (Å²) >= 11 is 1.90. The molecular weight excluding hydrogens is 226 g/mol. The van der Waals surface area contributed by atoms with Gasteiger partial charge in [0.25, 0.3) is 0 Å². The minimum Gasteiger partial charge on any atom is -0.316 e. The van der Waals surface area contributed by atoms with Crippen molar-refractivity contribution >= 4 is 11.3 Å². The molecule has 0 amide bonds. The van der Waals surface area contributed by atoms with Gasteiger partial charge in [0.1, 0.15) is 0 Å². The second kappa shape index (κ2) is 6.55. The highest BCUT2D eigenvalue weighted by Crippen LogP contribution is 2.33. The minimum absolute atomic E-state index is 0.687. The highest BCUT2D eigenvalue weighted by molar-refractivity contribution is 7.09. The van der Waals surface area contributed by atoms with Crippen LogP contribution in [-0.4, -0.2) is 13.1 Å². The molecule has 1 N–H and O–H groups in total. The predicted molar refractivity (Wildman–Crippen MR) is 76.6 cm³/mol. The highest BCUT2D eigenvalue weighted by Gasteiger charge is 2.26. The van der Waals surface area contributed by atoms with Gasteiger partial charge in [0, 0.05) is 10.9 Å². The second-order valence-electron chi connectivity index (χ2n) is 5.37. The Morgan fingerprint density at radius 3 is 2.65 bits per heavy atom. The number of likely N-dealkylation sites (N-methyl/N-ethyl adjacent to an activating group) is 1. The first kappa shape index (κ1) is 13.1. The van der Waals surface area contributed by atoms with Gasteiger partial charge >= 0.3 is 0 Å². The molecule has 1 aliphatic carbocycles. The number of rotatable bonds is 5. The molecule has 2 rings (SSSR count). The first-order valence-corrected chi connectivity index (χ1v) is 7.91. The fourth-order valence-electron chi connectivity index (χ4n) is 3.15. The molecule has 2 heteroatoms. The Hall–Kier alpha value is -0.340. The van der Waals surface area contributed by atoms with Crippen LogP contribution >= 0.6 is 11.3 Å². The summed E-state index contributed by atoms with van der Waals surface area (Å²) in [4.78, 5) is 1.53. The lowest BCUT2D eigenvalue weighted by atomic mass is 9.77. The molecule has 1 heterocycles. The number of hydrogen-bond acceptors (Lipinski definition) is 2. The zero-order valence-corrected chi connectivity index (χ0v) is 11.9. The normalized spacial score (nSPS) is 26.9. The smallest absolute Gasteiger partial charge is 0.0141 e. The van der Waals surface area contributed by atoms with Gasteiger partial charge in [0.15, 0.2) is 0 Å². The molecule has 1 aliphatic rings. The van der Waals surface area contributed by atoms with Crippen molar-refractivity contribution in [1.82, 2.24) is 5.32 Å². The monoisotopic (exact) mass is 251 g/mol. The van der Waals surface area contributed by atoms with Gasteiger partial charge in [-0.2, -0.15) is 0 Å². The van der Waals surface area contributed by atoms with Crippen LogP contribution in [0, 0.1) is 11.8 Å². The third kappa shape index (κ3) is 3.56. The van der Waals surface area contributed by atoms with Crippen molar-refractivity contribution in [3.8, 4) is 0 Å². The van der Waals surface area contributed by atoms with Crippen LogP contribution in [0.25, 0.3) is 0 Å². The van der Waals surface area contributed by atoms with E-state index in [2.05, 4.69) is 36.8 Å². The van der Waals surface area contributed by atoms with Gasteiger partial charge in [-0.15, -0.1) is 11.3 Å². The van der Waals surface area contributed by atoms with Gasteiger partial charge in [-0.1, -0.05) is 32.3 Å². The van der Waals surface area contributed by atoms with Gasteiger partial charge < -0.3 is 5.32 Å². The van der Waals surface area contributed by atoms with Crippen LogP contribution < -0.4 is 5.32 Å². The first-order valence-electron chi connectivity index (χ1n) is 7.03. The summed E-state index contributed by atoms with van der Waals surface area (Å²) in [5.41, 5.74) is 0. The van der Waals surface area contributed by atoms with E-state index in [1.165, 1.54) is 43.4 Å². The lowest BCUT2D eigenvalue weighted by molar-refractivity contribution is 0.222. The maximum absolute atomic E-state index is 3.55. The van der Waals surface area contributed by atoms with E-state index in [1.807, 2.05) is 11.3 Å². The number of thiophene rings is 1. The topological polar surface area (TPSA) is 12.0 Å². The molecule has 1 atom stereocenters. The molecule has 0 radical (unpaired) electrons. The summed E-state index contributed by atoms with van der Waals surface area (Å²) < 4.78 is 0. The van der Waals surface area contributed by atoms with Gasteiger partial charge in [-0.25, -0.2) is 0 Å². The van der Waals surface area contributed by atoms with Gasteiger partial charge in [-0.3, -0.25) is 0 Å². The summed E-state index contributed by atoms with van der Waals surface area (Å²) in [6, 6.07) is 5.12. The molecule has 1 saturated carbocycles. The summed E-state index contributed by atoms with van der Waals surface area (Å²) in [6.45, 7) is 2.34. The zero-order chi connectivity index (χ0) is 12.1. The Bertz CT molecular complexity index is 299. The Kier molecular flexibility index (Phi) is 5.05. The molecule has 0 saturated heterocycles. The van der Waals surface area contributed by atoms with Crippen molar-refractivity contribution < 1.29 is 0 Å². The quantitative estimate of drug-likeness (QED) is 0.831. The minimum atomic E-state index is 0.687. The SMILES string of the molecule is CCC1CCC(C(Cc2cccs2)NC)CC1. The molecule has 1 nitrogen and oxygen atoms in total. The fraction of sp³-hybridized carbons (Fsp3) is 0.733. The van der Waals surface area contributed by atoms with Crippen LogP contribution in [0.1, 0.15) is 43.9 Å². The molecule has 0 aliphatic heterocycles. The van der Waals surface area contributed by atoms with Crippen LogP contribution in [0.15, 0.2) is 17.5 Å².